The maximum absolute atomic E-state index is 12.3. The van der Waals surface area contributed by atoms with E-state index in [-0.39, 0.29) is 11.9 Å². The molecule has 1 aromatic heterocycles. The summed E-state index contributed by atoms with van der Waals surface area (Å²) >= 11 is 0. The Balaban J connectivity index is 1.71. The summed E-state index contributed by atoms with van der Waals surface area (Å²) in [5.41, 5.74) is 1.77. The second kappa shape index (κ2) is 8.10. The van der Waals surface area contributed by atoms with Crippen molar-refractivity contribution < 1.29 is 4.79 Å². The summed E-state index contributed by atoms with van der Waals surface area (Å²) in [5.74, 6) is 1.79. The molecule has 2 heterocycles. The Labute approximate surface area is 149 Å². The first-order valence-corrected chi connectivity index (χ1v) is 9.12. The van der Waals surface area contributed by atoms with Crippen molar-refractivity contribution in [1.29, 1.82) is 0 Å². The molecule has 3 rings (SSSR count). The summed E-state index contributed by atoms with van der Waals surface area (Å²) in [5, 5.41) is 3.09. The lowest BCUT2D eigenvalue weighted by Gasteiger charge is -2.37. The molecule has 0 bridgehead atoms. The van der Waals surface area contributed by atoms with Crippen LogP contribution in [0.1, 0.15) is 48.1 Å². The van der Waals surface area contributed by atoms with Gasteiger partial charge in [-0.25, -0.2) is 9.97 Å². The Kier molecular flexibility index (Phi) is 5.64. The highest BCUT2D eigenvalue weighted by Crippen LogP contribution is 2.23. The molecule has 1 unspecified atom stereocenters. The highest BCUT2D eigenvalue weighted by molar-refractivity contribution is 5.94. The number of nitrogens with zero attached hydrogens (tertiary/aromatic N) is 3. The zero-order valence-corrected chi connectivity index (χ0v) is 15.0. The first-order valence-electron chi connectivity index (χ1n) is 9.12. The summed E-state index contributed by atoms with van der Waals surface area (Å²) < 4.78 is 0. The second-order valence-electron chi connectivity index (χ2n) is 6.54. The summed E-state index contributed by atoms with van der Waals surface area (Å²) in [7, 11) is 0. The first kappa shape index (κ1) is 17.4. The smallest absolute Gasteiger partial charge is 0.251 e. The SMILES string of the molecule is CCc1cc(N2CCCCC2CNC(=O)c2ccccc2)nc(C)n1. The number of benzene rings is 1. The fraction of sp³-hybridized carbons (Fsp3) is 0.450. The van der Waals surface area contributed by atoms with Crippen molar-refractivity contribution in [2.75, 3.05) is 18.0 Å². The van der Waals surface area contributed by atoms with Crippen LogP contribution in [0, 0.1) is 6.92 Å². The number of carbonyl (C=O) groups is 1. The van der Waals surface area contributed by atoms with Crippen molar-refractivity contribution in [1.82, 2.24) is 15.3 Å². The molecule has 1 N–H and O–H groups in total. The normalized spacial score (nSPS) is 17.4. The zero-order chi connectivity index (χ0) is 17.6. The molecule has 1 fully saturated rings. The van der Waals surface area contributed by atoms with Gasteiger partial charge in [0.05, 0.1) is 0 Å². The monoisotopic (exact) mass is 338 g/mol. The van der Waals surface area contributed by atoms with Crippen molar-refractivity contribution >= 4 is 11.7 Å². The van der Waals surface area contributed by atoms with Crippen LogP contribution < -0.4 is 10.2 Å². The van der Waals surface area contributed by atoms with Gasteiger partial charge in [0, 0.05) is 36.5 Å². The lowest BCUT2D eigenvalue weighted by Crippen LogP contribution is -2.47. The highest BCUT2D eigenvalue weighted by Gasteiger charge is 2.24. The predicted octanol–water partition coefficient (Wildman–Crippen LogP) is 3.14. The van der Waals surface area contributed by atoms with Gasteiger partial charge >= 0.3 is 0 Å². The van der Waals surface area contributed by atoms with Crippen molar-refractivity contribution in [2.45, 2.75) is 45.6 Å². The van der Waals surface area contributed by atoms with Gasteiger partial charge in [-0.15, -0.1) is 0 Å². The molecule has 25 heavy (non-hydrogen) atoms. The van der Waals surface area contributed by atoms with Gasteiger partial charge in [0.25, 0.3) is 5.91 Å². The Morgan fingerprint density at radius 2 is 2.04 bits per heavy atom. The molecule has 0 aliphatic carbocycles. The van der Waals surface area contributed by atoms with E-state index in [2.05, 4.69) is 33.2 Å². The highest BCUT2D eigenvalue weighted by atomic mass is 16.1. The van der Waals surface area contributed by atoms with E-state index in [1.54, 1.807) is 0 Å². The Hall–Kier alpha value is -2.43. The van der Waals surface area contributed by atoms with E-state index < -0.39 is 0 Å². The van der Waals surface area contributed by atoms with Gasteiger partial charge in [0.1, 0.15) is 11.6 Å². The minimum Gasteiger partial charge on any atom is -0.352 e. The number of hydrogen-bond donors (Lipinski definition) is 1. The molecule has 0 spiro atoms. The summed E-state index contributed by atoms with van der Waals surface area (Å²) in [6.07, 6.45) is 4.32. The quantitative estimate of drug-likeness (QED) is 0.910. The van der Waals surface area contributed by atoms with Crippen LogP contribution >= 0.6 is 0 Å². The van der Waals surface area contributed by atoms with E-state index in [0.717, 1.165) is 43.1 Å². The number of piperidine rings is 1. The molecule has 0 saturated carbocycles. The van der Waals surface area contributed by atoms with Crippen molar-refractivity contribution in [3.8, 4) is 0 Å². The topological polar surface area (TPSA) is 58.1 Å². The molecule has 2 aromatic rings. The minimum atomic E-state index is -0.0146. The van der Waals surface area contributed by atoms with Gasteiger partial charge in [0.2, 0.25) is 0 Å². The Morgan fingerprint density at radius 1 is 1.24 bits per heavy atom. The van der Waals surface area contributed by atoms with E-state index in [1.165, 1.54) is 6.42 Å². The van der Waals surface area contributed by atoms with Crippen LogP contribution in [-0.2, 0) is 6.42 Å². The molecular weight excluding hydrogens is 312 g/mol. The van der Waals surface area contributed by atoms with Gasteiger partial charge in [-0.05, 0) is 44.7 Å². The molecule has 1 saturated heterocycles. The fourth-order valence-electron chi connectivity index (χ4n) is 3.36. The van der Waals surface area contributed by atoms with E-state index in [9.17, 15) is 4.79 Å². The van der Waals surface area contributed by atoms with Gasteiger partial charge in [0.15, 0.2) is 0 Å². The van der Waals surface area contributed by atoms with Gasteiger partial charge < -0.3 is 10.2 Å². The average molecular weight is 338 g/mol. The van der Waals surface area contributed by atoms with Crippen LogP contribution in [0.5, 0.6) is 0 Å². The number of amides is 1. The van der Waals surface area contributed by atoms with Crippen LogP contribution in [0.4, 0.5) is 5.82 Å². The third-order valence-corrected chi connectivity index (χ3v) is 4.70. The molecule has 1 aliphatic rings. The molecular formula is C20H26N4O. The standard InChI is InChI=1S/C20H26N4O/c1-3-17-13-19(23-15(2)22-17)24-12-8-7-11-18(24)14-21-20(25)16-9-5-4-6-10-16/h4-6,9-10,13,18H,3,7-8,11-12,14H2,1-2H3,(H,21,25). The van der Waals surface area contributed by atoms with Crippen molar-refractivity contribution in [2.24, 2.45) is 0 Å². The summed E-state index contributed by atoms with van der Waals surface area (Å²) in [4.78, 5) is 23.8. The van der Waals surface area contributed by atoms with Crippen LogP contribution in [-0.4, -0.2) is 35.0 Å². The molecule has 1 aliphatic heterocycles. The van der Waals surface area contributed by atoms with Crippen molar-refractivity contribution in [3.63, 3.8) is 0 Å². The van der Waals surface area contributed by atoms with E-state index in [1.807, 2.05) is 37.3 Å². The van der Waals surface area contributed by atoms with Crippen LogP contribution in [0.15, 0.2) is 36.4 Å². The molecule has 5 heteroatoms. The predicted molar refractivity (Wildman–Crippen MR) is 99.9 cm³/mol. The van der Waals surface area contributed by atoms with Crippen LogP contribution in [0.2, 0.25) is 0 Å². The summed E-state index contributed by atoms with van der Waals surface area (Å²) in [6.45, 7) is 5.67. The number of rotatable bonds is 5. The van der Waals surface area contributed by atoms with E-state index >= 15 is 0 Å². The van der Waals surface area contributed by atoms with Gasteiger partial charge in [-0.2, -0.15) is 0 Å². The second-order valence-corrected chi connectivity index (χ2v) is 6.54. The number of anilines is 1. The number of carbonyl (C=O) groups excluding carboxylic acids is 1. The Bertz CT molecular complexity index is 717. The third-order valence-electron chi connectivity index (χ3n) is 4.70. The maximum Gasteiger partial charge on any atom is 0.251 e. The van der Waals surface area contributed by atoms with Crippen LogP contribution in [0.3, 0.4) is 0 Å². The first-order chi connectivity index (χ1) is 12.2. The molecule has 132 valence electrons. The fourth-order valence-corrected chi connectivity index (χ4v) is 3.36. The minimum absolute atomic E-state index is 0.0146. The average Bonchev–Trinajstić information content (AvgIpc) is 2.66. The van der Waals surface area contributed by atoms with Crippen LogP contribution in [0.25, 0.3) is 0 Å². The molecule has 1 aromatic carbocycles. The molecule has 5 nitrogen and oxygen atoms in total. The van der Waals surface area contributed by atoms with Crippen molar-refractivity contribution in [3.05, 3.63) is 53.5 Å². The van der Waals surface area contributed by atoms with E-state index in [0.29, 0.717) is 12.1 Å². The molecule has 1 amide bonds. The van der Waals surface area contributed by atoms with Gasteiger partial charge in [-0.3, -0.25) is 4.79 Å². The lowest BCUT2D eigenvalue weighted by atomic mass is 10.0. The number of nitrogens with one attached hydrogen (secondary N) is 1. The van der Waals surface area contributed by atoms with Gasteiger partial charge in [-0.1, -0.05) is 25.1 Å². The molecule has 0 radical (unpaired) electrons. The maximum atomic E-state index is 12.3. The Morgan fingerprint density at radius 3 is 2.80 bits per heavy atom. The summed E-state index contributed by atoms with van der Waals surface area (Å²) in [6, 6.07) is 11.7. The molecule has 1 atom stereocenters. The largest absolute Gasteiger partial charge is 0.352 e. The number of aryl methyl sites for hydroxylation is 2. The number of aromatic nitrogens is 2. The third kappa shape index (κ3) is 4.35. The number of hydrogen-bond acceptors (Lipinski definition) is 4. The lowest BCUT2D eigenvalue weighted by molar-refractivity contribution is 0.0949. The zero-order valence-electron chi connectivity index (χ0n) is 15.0. The van der Waals surface area contributed by atoms with E-state index in [4.69, 9.17) is 0 Å².